The largest absolute Gasteiger partial charge is 0.453 e. The maximum absolute atomic E-state index is 14.7. The van der Waals surface area contributed by atoms with Crippen LogP contribution in [-0.2, 0) is 0 Å². The molecule has 1 heterocycles. The second-order valence-electron chi connectivity index (χ2n) is 5.37. The van der Waals surface area contributed by atoms with Crippen molar-refractivity contribution in [2.45, 2.75) is 0 Å². The van der Waals surface area contributed by atoms with Crippen molar-refractivity contribution in [3.05, 3.63) is 64.3 Å². The van der Waals surface area contributed by atoms with Crippen molar-refractivity contribution in [2.75, 3.05) is 0 Å². The average Bonchev–Trinajstić information content (AvgIpc) is 3.09. The monoisotopic (exact) mass is 707 g/mol. The van der Waals surface area contributed by atoms with E-state index < -0.39 is 11.6 Å². The van der Waals surface area contributed by atoms with Gasteiger partial charge in [0.15, 0.2) is 11.6 Å². The first-order valence-corrected chi connectivity index (χ1v) is 15.7. The van der Waals surface area contributed by atoms with Crippen molar-refractivity contribution >= 4 is 97.5 Å². The maximum atomic E-state index is 14.7. The van der Waals surface area contributed by atoms with Gasteiger partial charge in [-0.2, -0.15) is 0 Å². The SMILES string of the molecule is NC(=CC=NPI)c1cc(Oc2c(F)cc3c(ccn3SI)c2Br)ccc1F. The number of fused-ring (bicyclic) bond motifs is 1. The molecule has 0 saturated heterocycles. The first-order chi connectivity index (χ1) is 13.5. The quantitative estimate of drug-likeness (QED) is 0.163. The second-order valence-corrected chi connectivity index (χ2v) is 9.75. The number of benzene rings is 2. The molecule has 2 aromatic carbocycles. The molecule has 1 aromatic heterocycles. The Labute approximate surface area is 199 Å². The number of nitrogens with zero attached hydrogens (tertiary/aromatic N) is 2. The molecule has 0 aliphatic rings. The number of rotatable bonds is 6. The van der Waals surface area contributed by atoms with Crippen molar-refractivity contribution in [3.63, 3.8) is 0 Å². The number of allylic oxidation sites excluding steroid dienone is 1. The van der Waals surface area contributed by atoms with Crippen molar-refractivity contribution in [3.8, 4) is 11.5 Å². The van der Waals surface area contributed by atoms with Crippen LogP contribution in [0.5, 0.6) is 11.5 Å². The van der Waals surface area contributed by atoms with Gasteiger partial charge in [0.2, 0.25) is 0 Å². The van der Waals surface area contributed by atoms with Crippen LogP contribution in [0.15, 0.2) is 51.8 Å². The van der Waals surface area contributed by atoms with Crippen LogP contribution in [0.4, 0.5) is 8.78 Å². The predicted molar refractivity (Wildman–Crippen MR) is 136 cm³/mol. The molecule has 3 rings (SSSR count). The molecule has 0 radical (unpaired) electrons. The smallest absolute Gasteiger partial charge is 0.177 e. The van der Waals surface area contributed by atoms with Gasteiger partial charge in [-0.15, -0.1) is 0 Å². The zero-order valence-electron chi connectivity index (χ0n) is 13.8. The fraction of sp³-hybridized carbons (Fsp3) is 0. The minimum atomic E-state index is -0.533. The van der Waals surface area contributed by atoms with Gasteiger partial charge in [-0.1, -0.05) is 0 Å². The van der Waals surface area contributed by atoms with E-state index in [2.05, 4.69) is 63.9 Å². The molecule has 0 fully saturated rings. The summed E-state index contributed by atoms with van der Waals surface area (Å²) in [6.07, 6.45) is 5.23. The average molecular weight is 708 g/mol. The van der Waals surface area contributed by atoms with E-state index in [-0.39, 0.29) is 22.8 Å². The number of hydrogen-bond acceptors (Lipinski definition) is 4. The van der Waals surface area contributed by atoms with Crippen LogP contribution in [0.1, 0.15) is 5.56 Å². The summed E-state index contributed by atoms with van der Waals surface area (Å²) in [6.45, 7) is 0. The Morgan fingerprint density at radius 1 is 1.29 bits per heavy atom. The number of halogens is 5. The lowest BCUT2D eigenvalue weighted by atomic mass is 10.1. The fourth-order valence-electron chi connectivity index (χ4n) is 2.46. The fourth-order valence-corrected chi connectivity index (χ4v) is 5.04. The molecule has 28 heavy (non-hydrogen) atoms. The van der Waals surface area contributed by atoms with E-state index in [0.717, 1.165) is 10.9 Å². The predicted octanol–water partition coefficient (Wildman–Crippen LogP) is 7.63. The Bertz CT molecular complexity index is 1090. The summed E-state index contributed by atoms with van der Waals surface area (Å²) in [5.74, 6) is -0.745. The molecule has 0 bridgehead atoms. The van der Waals surface area contributed by atoms with Crippen molar-refractivity contribution < 1.29 is 13.5 Å². The normalized spacial score (nSPS) is 12.7. The first kappa shape index (κ1) is 22.3. The molecule has 1 unspecified atom stereocenters. The molecule has 3 aromatic rings. The Morgan fingerprint density at radius 2 is 2.07 bits per heavy atom. The summed E-state index contributed by atoms with van der Waals surface area (Å²) in [5.41, 5.74) is 7.02. The number of ether oxygens (including phenoxy) is 1. The highest BCUT2D eigenvalue weighted by Crippen LogP contribution is 2.40. The second kappa shape index (κ2) is 10.1. The van der Waals surface area contributed by atoms with Crippen molar-refractivity contribution in [1.29, 1.82) is 0 Å². The van der Waals surface area contributed by atoms with Gasteiger partial charge >= 0.3 is 0 Å². The Hall–Kier alpha value is -0.430. The molecule has 1 atom stereocenters. The summed E-state index contributed by atoms with van der Waals surface area (Å²) in [7, 11) is 1.43. The van der Waals surface area contributed by atoms with Crippen LogP contribution >= 0.6 is 74.7 Å². The zero-order chi connectivity index (χ0) is 20.3. The van der Waals surface area contributed by atoms with Gasteiger partial charge in [0.05, 0.1) is 16.4 Å². The summed E-state index contributed by atoms with van der Waals surface area (Å²) in [5, 5.41) is 0.804. The third-order valence-electron chi connectivity index (χ3n) is 3.73. The van der Waals surface area contributed by atoms with E-state index in [0.29, 0.717) is 10.8 Å². The molecule has 2 N–H and O–H groups in total. The third-order valence-corrected chi connectivity index (χ3v) is 7.34. The summed E-state index contributed by atoms with van der Waals surface area (Å²) >= 11 is 7.65. The highest BCUT2D eigenvalue weighted by molar-refractivity contribution is 14.2. The molecule has 11 heteroatoms. The summed E-state index contributed by atoms with van der Waals surface area (Å²) in [6, 6.07) is 7.36. The van der Waals surface area contributed by atoms with Gasteiger partial charge in [-0.05, 0) is 68.3 Å². The molecule has 0 amide bonds. The van der Waals surface area contributed by atoms with Gasteiger partial charge in [0.1, 0.15) is 11.6 Å². The van der Waals surface area contributed by atoms with Crippen LogP contribution in [0.2, 0.25) is 0 Å². The standard InChI is InChI=1S/C17H11BrF2I2N3OPS/c18-16-10-4-6-25(28-22)15(10)8-13(20)17(16)26-9-1-2-12(19)11(7-9)14(23)3-5-24-27-21/h1-8,27H,23H2. The van der Waals surface area contributed by atoms with Crippen LogP contribution in [-0.4, -0.2) is 10.2 Å². The molecule has 0 aliphatic carbocycles. The van der Waals surface area contributed by atoms with Gasteiger partial charge in [-0.25, -0.2) is 8.78 Å². The lowest BCUT2D eigenvalue weighted by molar-refractivity contribution is 0.439. The van der Waals surface area contributed by atoms with Crippen molar-refractivity contribution in [2.24, 2.45) is 10.5 Å². The lowest BCUT2D eigenvalue weighted by Gasteiger charge is -2.12. The van der Waals surface area contributed by atoms with Gasteiger partial charge in [0.25, 0.3) is 0 Å². The molecule has 146 valence electrons. The first-order valence-electron chi connectivity index (χ1n) is 7.56. The molecule has 0 spiro atoms. The van der Waals surface area contributed by atoms with E-state index in [1.165, 1.54) is 45.7 Å². The highest BCUT2D eigenvalue weighted by atomic mass is 127. The van der Waals surface area contributed by atoms with Gasteiger partial charge in [0, 0.05) is 65.4 Å². The topological polar surface area (TPSA) is 52.5 Å². The number of aromatic nitrogens is 1. The molecule has 0 saturated carbocycles. The maximum Gasteiger partial charge on any atom is 0.177 e. The van der Waals surface area contributed by atoms with E-state index in [1.807, 2.05) is 16.2 Å². The van der Waals surface area contributed by atoms with E-state index >= 15 is 0 Å². The molecular formula is C17H11BrF2I2N3OPS. The van der Waals surface area contributed by atoms with Gasteiger partial charge < -0.3 is 10.5 Å². The van der Waals surface area contributed by atoms with E-state index in [4.69, 9.17) is 10.5 Å². The minimum Gasteiger partial charge on any atom is -0.453 e. The van der Waals surface area contributed by atoms with Crippen LogP contribution < -0.4 is 10.5 Å². The number of hydrogen-bond donors (Lipinski definition) is 1. The van der Waals surface area contributed by atoms with Gasteiger partial charge in [-0.3, -0.25) is 8.74 Å². The zero-order valence-corrected chi connectivity index (χ0v) is 21.5. The van der Waals surface area contributed by atoms with Crippen molar-refractivity contribution in [1.82, 2.24) is 3.97 Å². The van der Waals surface area contributed by atoms with Crippen LogP contribution in [0.3, 0.4) is 0 Å². The molecular weight excluding hydrogens is 697 g/mol. The number of nitrogens with two attached hydrogens (primary N) is 1. The summed E-state index contributed by atoms with van der Waals surface area (Å²) in [4.78, 5) is 0. The Morgan fingerprint density at radius 3 is 2.79 bits per heavy atom. The van der Waals surface area contributed by atoms with Crippen LogP contribution in [0, 0.1) is 11.6 Å². The highest BCUT2D eigenvalue weighted by Gasteiger charge is 2.17. The Kier molecular flexibility index (Phi) is 7.99. The Balaban J connectivity index is 1.99. The van der Waals surface area contributed by atoms with E-state index in [1.54, 1.807) is 0 Å². The van der Waals surface area contributed by atoms with Crippen LogP contribution in [0.25, 0.3) is 16.6 Å². The third kappa shape index (κ3) is 4.82. The lowest BCUT2D eigenvalue weighted by Crippen LogP contribution is -2.01. The van der Waals surface area contributed by atoms with E-state index in [9.17, 15) is 8.78 Å². The molecule has 4 nitrogen and oxygen atoms in total. The molecule has 0 aliphatic heterocycles. The minimum absolute atomic E-state index is 0.0245. The summed E-state index contributed by atoms with van der Waals surface area (Å²) < 4.78 is 41.0.